The first-order chi connectivity index (χ1) is 8.69. The van der Waals surface area contributed by atoms with Gasteiger partial charge in [-0.2, -0.15) is 0 Å². The van der Waals surface area contributed by atoms with Crippen LogP contribution in [0.5, 0.6) is 0 Å². The summed E-state index contributed by atoms with van der Waals surface area (Å²) in [6, 6.07) is 0.405. The third-order valence-corrected chi connectivity index (χ3v) is 5.18. The van der Waals surface area contributed by atoms with Crippen LogP contribution in [0.1, 0.15) is 46.5 Å². The fourth-order valence-electron chi connectivity index (χ4n) is 2.24. The van der Waals surface area contributed by atoms with Crippen molar-refractivity contribution in [3.8, 4) is 0 Å². The van der Waals surface area contributed by atoms with E-state index in [0.29, 0.717) is 11.5 Å². The van der Waals surface area contributed by atoms with E-state index in [-0.39, 0.29) is 0 Å². The first-order valence-electron chi connectivity index (χ1n) is 7.12. The SMILES string of the molecule is CCCC(COC)NC1=NCC(CC)(CC)CS1. The zero-order valence-corrected chi connectivity index (χ0v) is 13.1. The Balaban J connectivity index is 2.51. The molecule has 106 valence electrons. The van der Waals surface area contributed by atoms with Gasteiger partial charge < -0.3 is 10.1 Å². The van der Waals surface area contributed by atoms with Crippen molar-refractivity contribution in [2.45, 2.75) is 52.5 Å². The minimum Gasteiger partial charge on any atom is -0.383 e. The Kier molecular flexibility index (Phi) is 7.08. The third-order valence-electron chi connectivity index (χ3n) is 3.91. The number of thioether (sulfide) groups is 1. The van der Waals surface area contributed by atoms with E-state index >= 15 is 0 Å². The highest BCUT2D eigenvalue weighted by Gasteiger charge is 2.30. The molecule has 1 atom stereocenters. The topological polar surface area (TPSA) is 33.6 Å². The molecule has 0 aromatic carbocycles. The van der Waals surface area contributed by atoms with Crippen LogP contribution in [0.25, 0.3) is 0 Å². The Labute approximate surface area is 116 Å². The maximum absolute atomic E-state index is 5.25. The average Bonchev–Trinajstić information content (AvgIpc) is 2.41. The molecule has 1 aliphatic rings. The van der Waals surface area contributed by atoms with Gasteiger partial charge in [0.05, 0.1) is 12.6 Å². The van der Waals surface area contributed by atoms with Crippen molar-refractivity contribution in [3.05, 3.63) is 0 Å². The van der Waals surface area contributed by atoms with Gasteiger partial charge >= 0.3 is 0 Å². The molecular weight excluding hydrogens is 244 g/mol. The number of rotatable bonds is 7. The second kappa shape index (κ2) is 8.05. The number of nitrogens with one attached hydrogen (secondary N) is 1. The Morgan fingerprint density at radius 3 is 2.56 bits per heavy atom. The van der Waals surface area contributed by atoms with Crippen LogP contribution >= 0.6 is 11.8 Å². The number of hydrogen-bond donors (Lipinski definition) is 1. The molecule has 1 rings (SSSR count). The zero-order chi connectivity index (χ0) is 13.4. The quantitative estimate of drug-likeness (QED) is 0.772. The molecule has 3 nitrogen and oxygen atoms in total. The molecule has 0 aliphatic carbocycles. The van der Waals surface area contributed by atoms with Crippen LogP contribution in [0.15, 0.2) is 4.99 Å². The minimum atomic E-state index is 0.405. The smallest absolute Gasteiger partial charge is 0.156 e. The molecular formula is C14H28N2OS. The molecule has 0 fully saturated rings. The summed E-state index contributed by atoms with van der Waals surface area (Å²) in [6.07, 6.45) is 4.76. The van der Waals surface area contributed by atoms with Crippen LogP contribution in [0.4, 0.5) is 0 Å². The van der Waals surface area contributed by atoms with E-state index in [1.54, 1.807) is 7.11 Å². The van der Waals surface area contributed by atoms with Gasteiger partial charge in [0.25, 0.3) is 0 Å². The molecule has 18 heavy (non-hydrogen) atoms. The van der Waals surface area contributed by atoms with E-state index in [0.717, 1.165) is 24.7 Å². The third kappa shape index (κ3) is 4.47. The van der Waals surface area contributed by atoms with Gasteiger partial charge in [-0.05, 0) is 24.7 Å². The van der Waals surface area contributed by atoms with Crippen LogP contribution in [0.2, 0.25) is 0 Å². The van der Waals surface area contributed by atoms with Crippen LogP contribution < -0.4 is 5.32 Å². The Morgan fingerprint density at radius 1 is 1.39 bits per heavy atom. The van der Waals surface area contributed by atoms with E-state index in [1.807, 2.05) is 11.8 Å². The summed E-state index contributed by atoms with van der Waals surface area (Å²) >= 11 is 1.88. The van der Waals surface area contributed by atoms with Crippen LogP contribution in [-0.2, 0) is 4.74 Å². The summed E-state index contributed by atoms with van der Waals surface area (Å²) in [4.78, 5) is 4.74. The lowest BCUT2D eigenvalue weighted by Crippen LogP contribution is -2.40. The van der Waals surface area contributed by atoms with Gasteiger partial charge in [-0.3, -0.25) is 4.99 Å². The summed E-state index contributed by atoms with van der Waals surface area (Å²) in [5, 5.41) is 4.65. The predicted octanol–water partition coefficient (Wildman–Crippen LogP) is 3.30. The molecule has 0 amide bonds. The van der Waals surface area contributed by atoms with Gasteiger partial charge in [-0.15, -0.1) is 0 Å². The fourth-order valence-corrected chi connectivity index (χ4v) is 3.59. The van der Waals surface area contributed by atoms with Crippen molar-refractivity contribution in [2.75, 3.05) is 26.0 Å². The lowest BCUT2D eigenvalue weighted by atomic mass is 9.84. The van der Waals surface area contributed by atoms with Crippen molar-refractivity contribution in [3.63, 3.8) is 0 Å². The predicted molar refractivity (Wildman–Crippen MR) is 81.5 cm³/mol. The molecule has 1 unspecified atom stereocenters. The number of amidine groups is 1. The second-order valence-electron chi connectivity index (χ2n) is 5.20. The van der Waals surface area contributed by atoms with Gasteiger partial charge in [0, 0.05) is 19.4 Å². The number of hydrogen-bond acceptors (Lipinski definition) is 4. The maximum Gasteiger partial charge on any atom is 0.156 e. The maximum atomic E-state index is 5.25. The highest BCUT2D eigenvalue weighted by atomic mass is 32.2. The number of nitrogens with zero attached hydrogens (tertiary/aromatic N) is 1. The first kappa shape index (κ1) is 15.8. The molecule has 1 aliphatic heterocycles. The molecule has 0 saturated heterocycles. The summed E-state index contributed by atoms with van der Waals surface area (Å²) in [5.74, 6) is 1.19. The van der Waals surface area contributed by atoms with Crippen molar-refractivity contribution < 1.29 is 4.74 Å². The Bertz CT molecular complexity index is 259. The van der Waals surface area contributed by atoms with E-state index in [9.17, 15) is 0 Å². The summed E-state index contributed by atoms with van der Waals surface area (Å²) in [6.45, 7) is 8.51. The van der Waals surface area contributed by atoms with Crippen LogP contribution in [0.3, 0.4) is 0 Å². The van der Waals surface area contributed by atoms with Gasteiger partial charge in [0.2, 0.25) is 0 Å². The molecule has 0 radical (unpaired) electrons. The number of methoxy groups -OCH3 is 1. The van der Waals surface area contributed by atoms with Crippen molar-refractivity contribution in [1.29, 1.82) is 0 Å². The summed E-state index contributed by atoms with van der Waals surface area (Å²) in [5.41, 5.74) is 0.428. The van der Waals surface area contributed by atoms with Gasteiger partial charge in [-0.25, -0.2) is 0 Å². The first-order valence-corrected chi connectivity index (χ1v) is 8.11. The molecule has 0 spiro atoms. The second-order valence-corrected chi connectivity index (χ2v) is 6.17. The van der Waals surface area contributed by atoms with E-state index in [1.165, 1.54) is 25.0 Å². The molecule has 0 aromatic heterocycles. The van der Waals surface area contributed by atoms with Crippen LogP contribution in [-0.4, -0.2) is 37.2 Å². The van der Waals surface area contributed by atoms with Gasteiger partial charge in [0.1, 0.15) is 0 Å². The molecule has 0 saturated carbocycles. The molecule has 1 heterocycles. The van der Waals surface area contributed by atoms with Crippen molar-refractivity contribution in [1.82, 2.24) is 5.32 Å². The molecule has 4 heteroatoms. The highest BCUT2D eigenvalue weighted by Crippen LogP contribution is 2.34. The minimum absolute atomic E-state index is 0.405. The normalized spacial score (nSPS) is 20.3. The van der Waals surface area contributed by atoms with Gasteiger partial charge in [-0.1, -0.05) is 39.0 Å². The van der Waals surface area contributed by atoms with E-state index in [4.69, 9.17) is 9.73 Å². The fraction of sp³-hybridized carbons (Fsp3) is 0.929. The van der Waals surface area contributed by atoms with Gasteiger partial charge in [0.15, 0.2) is 5.17 Å². The standard InChI is InChI=1S/C14H28N2OS/c1-5-8-12(9-17-4)16-13-15-10-14(6-2,7-3)11-18-13/h12H,5-11H2,1-4H3,(H,15,16). The number of aliphatic imine (C=N–C) groups is 1. The lowest BCUT2D eigenvalue weighted by molar-refractivity contribution is 0.170. The Hall–Kier alpha value is -0.220. The zero-order valence-electron chi connectivity index (χ0n) is 12.3. The summed E-state index contributed by atoms with van der Waals surface area (Å²) in [7, 11) is 1.76. The molecule has 0 bridgehead atoms. The van der Waals surface area contributed by atoms with E-state index < -0.39 is 0 Å². The molecule has 1 N–H and O–H groups in total. The average molecular weight is 272 g/mol. The van der Waals surface area contributed by atoms with Crippen LogP contribution in [0, 0.1) is 5.41 Å². The highest BCUT2D eigenvalue weighted by molar-refractivity contribution is 8.13. The molecule has 0 aromatic rings. The van der Waals surface area contributed by atoms with Crippen molar-refractivity contribution in [2.24, 2.45) is 10.4 Å². The summed E-state index contributed by atoms with van der Waals surface area (Å²) < 4.78 is 5.25. The van der Waals surface area contributed by atoms with Crippen molar-refractivity contribution >= 4 is 16.9 Å². The monoisotopic (exact) mass is 272 g/mol. The number of ether oxygens (including phenoxy) is 1. The lowest BCUT2D eigenvalue weighted by Gasteiger charge is -2.34. The van der Waals surface area contributed by atoms with E-state index in [2.05, 4.69) is 26.1 Å². The Morgan fingerprint density at radius 2 is 2.11 bits per heavy atom. The largest absolute Gasteiger partial charge is 0.383 e.